The van der Waals surface area contributed by atoms with Gasteiger partial charge in [-0.3, -0.25) is 10.1 Å². The van der Waals surface area contributed by atoms with Crippen LogP contribution in [-0.2, 0) is 19.5 Å². The number of hydrogen-bond acceptors (Lipinski definition) is 7. The van der Waals surface area contributed by atoms with Gasteiger partial charge in [-0.2, -0.15) is 4.31 Å². The normalized spacial score (nSPS) is 14.4. The number of ether oxygens (including phenoxy) is 3. The van der Waals surface area contributed by atoms with Gasteiger partial charge in [0.25, 0.3) is 5.91 Å². The summed E-state index contributed by atoms with van der Waals surface area (Å²) in [6.45, 7) is 3.08. The van der Waals surface area contributed by atoms with E-state index in [1.54, 1.807) is 25.1 Å². The van der Waals surface area contributed by atoms with Gasteiger partial charge in [-0.25, -0.2) is 13.2 Å². The maximum absolute atomic E-state index is 13.0. The zero-order valence-corrected chi connectivity index (χ0v) is 18.6. The molecule has 10 nitrogen and oxygen atoms in total. The van der Waals surface area contributed by atoms with Crippen LogP contribution in [-0.4, -0.2) is 64.7 Å². The van der Waals surface area contributed by atoms with Crippen molar-refractivity contribution in [2.45, 2.75) is 11.8 Å². The lowest BCUT2D eigenvalue weighted by Gasteiger charge is -2.26. The number of methoxy groups -OCH3 is 1. The molecule has 0 bridgehead atoms. The van der Waals surface area contributed by atoms with E-state index in [4.69, 9.17) is 14.2 Å². The third-order valence-corrected chi connectivity index (χ3v) is 6.57. The molecule has 0 aromatic heterocycles. The van der Waals surface area contributed by atoms with Crippen molar-refractivity contribution >= 4 is 33.4 Å². The summed E-state index contributed by atoms with van der Waals surface area (Å²) in [5, 5.41) is 5.21. The molecule has 0 aliphatic carbocycles. The molecule has 1 aliphatic rings. The van der Waals surface area contributed by atoms with Crippen molar-refractivity contribution in [3.05, 3.63) is 48.0 Å². The molecule has 0 unspecified atom stereocenters. The summed E-state index contributed by atoms with van der Waals surface area (Å²) in [4.78, 5) is 24.5. The summed E-state index contributed by atoms with van der Waals surface area (Å²) in [6.07, 6.45) is -0.632. The molecule has 2 aromatic carbocycles. The Balaban J connectivity index is 1.83. The zero-order chi connectivity index (χ0) is 23.1. The van der Waals surface area contributed by atoms with E-state index in [2.05, 4.69) is 10.6 Å². The maximum atomic E-state index is 13.0. The minimum atomic E-state index is -3.75. The second kappa shape index (κ2) is 10.4. The average molecular weight is 464 g/mol. The number of sulfonamides is 1. The van der Waals surface area contributed by atoms with E-state index in [0.29, 0.717) is 24.7 Å². The van der Waals surface area contributed by atoms with E-state index in [-0.39, 0.29) is 35.8 Å². The van der Waals surface area contributed by atoms with Crippen LogP contribution in [0, 0.1) is 0 Å². The lowest BCUT2D eigenvalue weighted by atomic mass is 10.2. The van der Waals surface area contributed by atoms with Gasteiger partial charge in [-0.15, -0.1) is 0 Å². The largest absolute Gasteiger partial charge is 0.495 e. The Labute approximate surface area is 186 Å². The number of carbonyl (C=O) groups is 2. The van der Waals surface area contributed by atoms with Gasteiger partial charge in [0.05, 0.1) is 37.5 Å². The predicted molar refractivity (Wildman–Crippen MR) is 118 cm³/mol. The predicted octanol–water partition coefficient (Wildman–Crippen LogP) is 2.54. The molecule has 2 aromatic rings. The smallest absolute Gasteiger partial charge is 0.411 e. The van der Waals surface area contributed by atoms with Gasteiger partial charge in [0.15, 0.2) is 0 Å². The molecule has 0 saturated carbocycles. The lowest BCUT2D eigenvalue weighted by molar-refractivity contribution is 0.0730. The highest BCUT2D eigenvalue weighted by atomic mass is 32.2. The molecule has 1 heterocycles. The molecule has 1 saturated heterocycles. The van der Waals surface area contributed by atoms with Gasteiger partial charge in [-0.1, -0.05) is 6.07 Å². The van der Waals surface area contributed by atoms with Crippen LogP contribution in [0.5, 0.6) is 5.75 Å². The highest BCUT2D eigenvalue weighted by Gasteiger charge is 2.27. The van der Waals surface area contributed by atoms with Crippen molar-refractivity contribution in [1.29, 1.82) is 0 Å². The van der Waals surface area contributed by atoms with Crippen LogP contribution in [0.3, 0.4) is 0 Å². The van der Waals surface area contributed by atoms with Gasteiger partial charge < -0.3 is 19.5 Å². The number of morpholine rings is 1. The summed E-state index contributed by atoms with van der Waals surface area (Å²) in [6, 6.07) is 10.5. The Hall–Kier alpha value is -3.15. The highest BCUT2D eigenvalue weighted by Crippen LogP contribution is 2.30. The number of anilines is 2. The van der Waals surface area contributed by atoms with E-state index >= 15 is 0 Å². The van der Waals surface area contributed by atoms with Crippen LogP contribution in [0.25, 0.3) is 0 Å². The number of amides is 2. The number of benzene rings is 2. The molecule has 32 heavy (non-hydrogen) atoms. The molecule has 3 rings (SSSR count). The molecule has 1 fully saturated rings. The molecule has 11 heteroatoms. The highest BCUT2D eigenvalue weighted by molar-refractivity contribution is 7.89. The molecule has 2 amide bonds. The van der Waals surface area contributed by atoms with Gasteiger partial charge >= 0.3 is 6.09 Å². The van der Waals surface area contributed by atoms with Crippen LogP contribution in [0.2, 0.25) is 0 Å². The third kappa shape index (κ3) is 5.55. The van der Waals surface area contributed by atoms with Gasteiger partial charge in [0.1, 0.15) is 5.75 Å². The summed E-state index contributed by atoms with van der Waals surface area (Å²) in [5.41, 5.74) is 0.838. The fourth-order valence-electron chi connectivity index (χ4n) is 3.10. The third-order valence-electron chi connectivity index (χ3n) is 4.67. The molecular weight excluding hydrogens is 438 g/mol. The molecule has 172 valence electrons. The van der Waals surface area contributed by atoms with Crippen molar-refractivity contribution in [1.82, 2.24) is 4.31 Å². The molecule has 0 spiro atoms. The standard InChI is InChI=1S/C21H25N3O7S/c1-3-31-21(26)22-16-6-4-5-15(13-16)20(25)23-18-14-17(7-8-19(18)29-2)32(27,28)24-9-11-30-12-10-24/h4-8,13-14H,3,9-12H2,1-2H3,(H,22,26)(H,23,25). The molecular formula is C21H25N3O7S. The Bertz CT molecular complexity index is 1080. The first kappa shape index (κ1) is 23.5. The SMILES string of the molecule is CCOC(=O)Nc1cccc(C(=O)Nc2cc(S(=O)(=O)N3CCOCC3)ccc2OC)c1. The van der Waals surface area contributed by atoms with Crippen LogP contribution < -0.4 is 15.4 Å². The second-order valence-corrected chi connectivity index (χ2v) is 8.70. The van der Waals surface area contributed by atoms with Crippen LogP contribution in [0.4, 0.5) is 16.2 Å². The number of nitrogens with zero attached hydrogens (tertiary/aromatic N) is 1. The fraction of sp³-hybridized carbons (Fsp3) is 0.333. The Morgan fingerprint density at radius 3 is 2.53 bits per heavy atom. The second-order valence-electron chi connectivity index (χ2n) is 6.76. The molecule has 1 aliphatic heterocycles. The van der Waals surface area contributed by atoms with Crippen LogP contribution in [0.1, 0.15) is 17.3 Å². The Morgan fingerprint density at radius 2 is 1.84 bits per heavy atom. The van der Waals surface area contributed by atoms with Gasteiger partial charge in [0.2, 0.25) is 10.0 Å². The van der Waals surface area contributed by atoms with Gasteiger partial charge in [-0.05, 0) is 43.3 Å². The average Bonchev–Trinajstić information content (AvgIpc) is 2.80. The summed E-state index contributed by atoms with van der Waals surface area (Å²) < 4.78 is 42.6. The first-order valence-electron chi connectivity index (χ1n) is 9.96. The Kier molecular flexibility index (Phi) is 7.67. The molecule has 0 radical (unpaired) electrons. The fourth-order valence-corrected chi connectivity index (χ4v) is 4.53. The number of carbonyl (C=O) groups excluding carboxylic acids is 2. The van der Waals surface area contributed by atoms with Gasteiger partial charge in [0, 0.05) is 24.3 Å². The van der Waals surface area contributed by atoms with Crippen molar-refractivity contribution in [3.8, 4) is 5.75 Å². The van der Waals surface area contributed by atoms with Crippen LogP contribution >= 0.6 is 0 Å². The quantitative estimate of drug-likeness (QED) is 0.647. The van der Waals surface area contributed by atoms with Crippen molar-refractivity contribution in [2.75, 3.05) is 50.7 Å². The minimum absolute atomic E-state index is 0.0354. The van der Waals surface area contributed by atoms with E-state index in [1.807, 2.05) is 0 Å². The molecule has 0 atom stereocenters. The number of nitrogens with one attached hydrogen (secondary N) is 2. The monoisotopic (exact) mass is 463 g/mol. The van der Waals surface area contributed by atoms with Crippen molar-refractivity contribution in [2.24, 2.45) is 0 Å². The number of rotatable bonds is 7. The minimum Gasteiger partial charge on any atom is -0.495 e. The number of hydrogen-bond donors (Lipinski definition) is 2. The van der Waals surface area contributed by atoms with E-state index in [9.17, 15) is 18.0 Å². The molecule has 2 N–H and O–H groups in total. The topological polar surface area (TPSA) is 123 Å². The van der Waals surface area contributed by atoms with E-state index < -0.39 is 22.0 Å². The summed E-state index contributed by atoms with van der Waals surface area (Å²) in [5.74, 6) is -0.197. The van der Waals surface area contributed by atoms with E-state index in [0.717, 1.165) is 0 Å². The first-order chi connectivity index (χ1) is 15.3. The van der Waals surface area contributed by atoms with E-state index in [1.165, 1.54) is 35.7 Å². The Morgan fingerprint density at radius 1 is 1.09 bits per heavy atom. The maximum Gasteiger partial charge on any atom is 0.411 e. The van der Waals surface area contributed by atoms with Crippen LogP contribution in [0.15, 0.2) is 47.4 Å². The zero-order valence-electron chi connectivity index (χ0n) is 17.8. The summed E-state index contributed by atoms with van der Waals surface area (Å²) in [7, 11) is -2.33. The first-order valence-corrected chi connectivity index (χ1v) is 11.4. The van der Waals surface area contributed by atoms with Crippen molar-refractivity contribution < 1.29 is 32.2 Å². The van der Waals surface area contributed by atoms with Crippen molar-refractivity contribution in [3.63, 3.8) is 0 Å². The summed E-state index contributed by atoms with van der Waals surface area (Å²) >= 11 is 0. The lowest BCUT2D eigenvalue weighted by Crippen LogP contribution is -2.40.